The Hall–Kier alpha value is -3.53. The smallest absolute Gasteiger partial charge is 0.275 e. The Labute approximate surface area is 205 Å². The summed E-state index contributed by atoms with van der Waals surface area (Å²) >= 11 is 6.03. The van der Waals surface area contributed by atoms with E-state index in [9.17, 15) is 14.9 Å². The number of carbonyl (C=O) groups is 1. The van der Waals surface area contributed by atoms with Crippen LogP contribution in [0, 0.1) is 27.4 Å². The van der Waals surface area contributed by atoms with Gasteiger partial charge in [0.1, 0.15) is 17.8 Å². The first kappa shape index (κ1) is 22.0. The van der Waals surface area contributed by atoms with Gasteiger partial charge < -0.3 is 10.1 Å². The number of aromatic nitrogens is 4. The second-order valence-corrected chi connectivity index (χ2v) is 10.5. The molecule has 4 fully saturated rings. The zero-order valence-electron chi connectivity index (χ0n) is 18.8. The summed E-state index contributed by atoms with van der Waals surface area (Å²) in [4.78, 5) is 33.0. The van der Waals surface area contributed by atoms with Gasteiger partial charge in [-0.15, -0.1) is 5.10 Å². The van der Waals surface area contributed by atoms with Crippen molar-refractivity contribution < 1.29 is 14.5 Å². The molecule has 11 heteroatoms. The first-order chi connectivity index (χ1) is 16.8. The Bertz CT molecular complexity index is 1300. The molecule has 0 spiro atoms. The SMILES string of the molecule is O=C(Nc1cc(Oc2cccnc2)cc([N+](=O)[O-])c1)C12C[C@H]3C[C@@H](C1)CC(n1cnc(Cl)n1)(C3)C2. The molecule has 2 unspecified atom stereocenters. The van der Waals surface area contributed by atoms with E-state index in [0.29, 0.717) is 29.7 Å². The fraction of sp³-hybridized carbons (Fsp3) is 0.417. The number of hydrogen-bond donors (Lipinski definition) is 1. The maximum Gasteiger partial charge on any atom is 0.275 e. The normalized spacial score (nSPS) is 28.6. The van der Waals surface area contributed by atoms with Gasteiger partial charge in [0, 0.05) is 18.3 Å². The van der Waals surface area contributed by atoms with Crippen LogP contribution in [0.3, 0.4) is 0 Å². The molecule has 4 bridgehead atoms. The summed E-state index contributed by atoms with van der Waals surface area (Å²) < 4.78 is 7.63. The van der Waals surface area contributed by atoms with Crippen molar-refractivity contribution in [3.05, 3.63) is 64.5 Å². The van der Waals surface area contributed by atoms with E-state index in [2.05, 4.69) is 20.4 Å². The third-order valence-electron chi connectivity index (χ3n) is 7.69. The van der Waals surface area contributed by atoms with Gasteiger partial charge in [-0.05, 0) is 74.1 Å². The van der Waals surface area contributed by atoms with E-state index >= 15 is 0 Å². The molecule has 10 nitrogen and oxygen atoms in total. The molecule has 35 heavy (non-hydrogen) atoms. The number of halogens is 1. The summed E-state index contributed by atoms with van der Waals surface area (Å²) in [5.41, 5.74) is -0.686. The quantitative estimate of drug-likeness (QED) is 0.379. The molecular weight excluding hydrogens is 472 g/mol. The van der Waals surface area contributed by atoms with Crippen LogP contribution >= 0.6 is 11.6 Å². The van der Waals surface area contributed by atoms with Gasteiger partial charge in [-0.25, -0.2) is 9.67 Å². The first-order valence-corrected chi connectivity index (χ1v) is 12.0. The number of rotatable bonds is 6. The minimum Gasteiger partial charge on any atom is -0.455 e. The van der Waals surface area contributed by atoms with Crippen molar-refractivity contribution in [3.63, 3.8) is 0 Å². The van der Waals surface area contributed by atoms with Crippen LogP contribution in [0.1, 0.15) is 38.5 Å². The molecule has 3 aromatic rings. The van der Waals surface area contributed by atoms with Crippen molar-refractivity contribution in [2.24, 2.45) is 17.3 Å². The van der Waals surface area contributed by atoms with Crippen LogP contribution in [-0.2, 0) is 10.3 Å². The first-order valence-electron chi connectivity index (χ1n) is 11.6. The minimum absolute atomic E-state index is 0.116. The Morgan fingerprint density at radius 3 is 2.66 bits per heavy atom. The summed E-state index contributed by atoms with van der Waals surface area (Å²) in [5, 5.41) is 19.2. The number of non-ortho nitro benzene ring substituents is 1. The van der Waals surface area contributed by atoms with Crippen LogP contribution in [0.5, 0.6) is 11.5 Å². The number of nitrogens with zero attached hydrogens (tertiary/aromatic N) is 5. The van der Waals surface area contributed by atoms with E-state index < -0.39 is 10.3 Å². The lowest BCUT2D eigenvalue weighted by Crippen LogP contribution is -2.60. The van der Waals surface area contributed by atoms with Crippen LogP contribution in [0.25, 0.3) is 0 Å². The van der Waals surface area contributed by atoms with Gasteiger partial charge in [-0.3, -0.25) is 19.9 Å². The van der Waals surface area contributed by atoms with Gasteiger partial charge in [0.15, 0.2) is 0 Å². The molecule has 4 aliphatic carbocycles. The van der Waals surface area contributed by atoms with Gasteiger partial charge in [0.25, 0.3) is 5.69 Å². The van der Waals surface area contributed by atoms with E-state index in [1.807, 2.05) is 4.68 Å². The molecule has 1 N–H and O–H groups in total. The van der Waals surface area contributed by atoms with E-state index in [4.69, 9.17) is 16.3 Å². The number of nitrogens with one attached hydrogen (secondary N) is 1. The molecular formula is C24H23ClN6O4. The number of nitro groups is 1. The predicted molar refractivity (Wildman–Crippen MR) is 126 cm³/mol. The largest absolute Gasteiger partial charge is 0.455 e. The molecule has 4 saturated carbocycles. The van der Waals surface area contributed by atoms with Crippen molar-refractivity contribution in [2.75, 3.05) is 5.32 Å². The Kier molecular flexibility index (Phi) is 5.03. The highest BCUT2D eigenvalue weighted by Gasteiger charge is 2.61. The molecule has 4 aliphatic rings. The summed E-state index contributed by atoms with van der Waals surface area (Å²) in [5.74, 6) is 1.41. The Morgan fingerprint density at radius 1 is 1.20 bits per heavy atom. The third-order valence-corrected chi connectivity index (χ3v) is 7.87. The standard InChI is InChI=1S/C24H23ClN6O4/c25-22-27-14-30(29-22)24-10-15-4-16(11-24)9-23(8-15,13-24)21(32)28-17-5-18(31(33)34)7-20(6-17)35-19-2-1-3-26-12-19/h1-3,5-7,12,14-16H,4,8-11,13H2,(H,28,32)/t15-,16+,23?,24?. The van der Waals surface area contributed by atoms with Crippen molar-refractivity contribution in [3.8, 4) is 11.5 Å². The summed E-state index contributed by atoms with van der Waals surface area (Å²) in [6, 6.07) is 7.71. The molecule has 1 amide bonds. The van der Waals surface area contributed by atoms with Crippen LogP contribution < -0.4 is 10.1 Å². The maximum absolute atomic E-state index is 13.8. The Balaban J connectivity index is 1.30. The number of carbonyl (C=O) groups excluding carboxylic acids is 1. The molecule has 2 aromatic heterocycles. The highest BCUT2D eigenvalue weighted by Crippen LogP contribution is 2.64. The average Bonchev–Trinajstić information content (AvgIpc) is 3.26. The highest BCUT2D eigenvalue weighted by molar-refractivity contribution is 6.28. The van der Waals surface area contributed by atoms with Crippen molar-refractivity contribution >= 4 is 28.9 Å². The second-order valence-electron chi connectivity index (χ2n) is 10.1. The lowest BCUT2D eigenvalue weighted by Gasteiger charge is -2.60. The van der Waals surface area contributed by atoms with E-state index in [1.165, 1.54) is 18.3 Å². The van der Waals surface area contributed by atoms with Gasteiger partial charge >= 0.3 is 0 Å². The highest BCUT2D eigenvalue weighted by atomic mass is 35.5. The molecule has 180 valence electrons. The predicted octanol–water partition coefficient (Wildman–Crippen LogP) is 4.96. The van der Waals surface area contributed by atoms with Crippen molar-refractivity contribution in [1.29, 1.82) is 0 Å². The fourth-order valence-corrected chi connectivity index (χ4v) is 6.97. The average molecular weight is 495 g/mol. The van der Waals surface area contributed by atoms with Crippen molar-refractivity contribution in [2.45, 2.75) is 44.1 Å². The summed E-state index contributed by atoms with van der Waals surface area (Å²) in [6.45, 7) is 0. The third kappa shape index (κ3) is 3.91. The van der Waals surface area contributed by atoms with Gasteiger partial charge in [-0.1, -0.05) is 0 Å². The van der Waals surface area contributed by atoms with Crippen molar-refractivity contribution in [1.82, 2.24) is 19.7 Å². The van der Waals surface area contributed by atoms with Crippen LogP contribution in [0.2, 0.25) is 5.28 Å². The van der Waals surface area contributed by atoms with Gasteiger partial charge in [-0.2, -0.15) is 0 Å². The maximum atomic E-state index is 13.8. The van der Waals surface area contributed by atoms with E-state index in [0.717, 1.165) is 32.1 Å². The van der Waals surface area contributed by atoms with E-state index in [1.54, 1.807) is 30.7 Å². The number of ether oxygens (including phenoxy) is 1. The Morgan fingerprint density at radius 2 is 2.00 bits per heavy atom. The van der Waals surface area contributed by atoms with Crippen LogP contribution in [-0.4, -0.2) is 30.6 Å². The second kappa shape index (κ2) is 8.01. The molecule has 2 heterocycles. The van der Waals surface area contributed by atoms with Crippen LogP contribution in [0.15, 0.2) is 49.1 Å². The zero-order valence-corrected chi connectivity index (χ0v) is 19.5. The monoisotopic (exact) mass is 494 g/mol. The number of hydrogen-bond acceptors (Lipinski definition) is 7. The molecule has 1 aromatic carbocycles. The lowest BCUT2D eigenvalue weighted by atomic mass is 9.46. The van der Waals surface area contributed by atoms with E-state index in [-0.39, 0.29) is 28.2 Å². The summed E-state index contributed by atoms with van der Waals surface area (Å²) in [7, 11) is 0. The molecule has 0 aliphatic heterocycles. The molecule has 4 atom stereocenters. The molecule has 0 radical (unpaired) electrons. The van der Waals surface area contributed by atoms with Crippen LogP contribution in [0.4, 0.5) is 11.4 Å². The molecule has 7 rings (SSSR count). The van der Waals surface area contributed by atoms with Gasteiger partial charge in [0.05, 0.1) is 33.8 Å². The fourth-order valence-electron chi connectivity index (χ4n) is 6.85. The number of amides is 1. The number of nitro benzene ring substituents is 1. The zero-order chi connectivity index (χ0) is 24.2. The minimum atomic E-state index is -0.572. The number of benzene rings is 1. The number of pyridine rings is 1. The number of anilines is 1. The summed E-state index contributed by atoms with van der Waals surface area (Å²) in [6.07, 6.45) is 10.1. The van der Waals surface area contributed by atoms with Gasteiger partial charge in [0.2, 0.25) is 11.2 Å². The molecule has 0 saturated heterocycles. The lowest BCUT2D eigenvalue weighted by molar-refractivity contribution is -0.384. The topological polar surface area (TPSA) is 125 Å².